The molecular weight excluding hydrogens is 250 g/mol. The van der Waals surface area contributed by atoms with Gasteiger partial charge in [0.05, 0.1) is 16.5 Å². The Morgan fingerprint density at radius 3 is 2.50 bits per heavy atom. The molecule has 0 aromatic heterocycles. The van der Waals surface area contributed by atoms with Crippen molar-refractivity contribution in [1.29, 1.82) is 5.26 Å². The van der Waals surface area contributed by atoms with Gasteiger partial charge in [0, 0.05) is 16.2 Å². The molecule has 4 nitrogen and oxygen atoms in total. The first kappa shape index (κ1) is 12.7. The molecule has 0 amide bonds. The lowest BCUT2D eigenvalue weighted by atomic mass is 10.0. The lowest BCUT2D eigenvalue weighted by Crippen LogP contribution is -2.03. The molecule has 0 saturated heterocycles. The number of aldehydes is 1. The summed E-state index contributed by atoms with van der Waals surface area (Å²) in [4.78, 5) is 10.7. The number of rotatable bonds is 3. The van der Waals surface area contributed by atoms with Crippen LogP contribution in [0.5, 0.6) is 0 Å². The third kappa shape index (κ3) is 2.23. The van der Waals surface area contributed by atoms with Crippen LogP contribution in [0.15, 0.2) is 17.0 Å². The van der Waals surface area contributed by atoms with Gasteiger partial charge in [-0.1, -0.05) is 6.92 Å². The normalized spacial score (nSPS) is 10.8. The van der Waals surface area contributed by atoms with Gasteiger partial charge in [-0.2, -0.15) is 5.26 Å². The summed E-state index contributed by atoms with van der Waals surface area (Å²) in [6.07, 6.45) is 0.786. The second kappa shape index (κ2) is 4.64. The fourth-order valence-corrected chi connectivity index (χ4v) is 2.68. The molecule has 1 rings (SSSR count). The lowest BCUT2D eigenvalue weighted by molar-refractivity contribution is 0.112. The zero-order valence-electron chi connectivity index (χ0n) is 8.40. The molecule has 84 valence electrons. The highest BCUT2D eigenvalue weighted by molar-refractivity contribution is 8.13. The zero-order valence-corrected chi connectivity index (χ0v) is 9.97. The van der Waals surface area contributed by atoms with Crippen LogP contribution in [0.4, 0.5) is 0 Å². The minimum atomic E-state index is -3.90. The minimum absolute atomic E-state index is 0.0896. The first-order chi connectivity index (χ1) is 7.45. The summed E-state index contributed by atoms with van der Waals surface area (Å²) in [5.41, 5.74) is 0.520. The van der Waals surface area contributed by atoms with Crippen molar-refractivity contribution in [2.45, 2.75) is 18.2 Å². The molecule has 0 atom stereocenters. The molecule has 0 fully saturated rings. The van der Waals surface area contributed by atoms with Gasteiger partial charge in [-0.3, -0.25) is 4.79 Å². The van der Waals surface area contributed by atoms with Crippen molar-refractivity contribution in [1.82, 2.24) is 0 Å². The summed E-state index contributed by atoms with van der Waals surface area (Å²) < 4.78 is 22.5. The van der Waals surface area contributed by atoms with E-state index in [2.05, 4.69) is 0 Å². The van der Waals surface area contributed by atoms with Crippen molar-refractivity contribution in [3.63, 3.8) is 0 Å². The van der Waals surface area contributed by atoms with Crippen LogP contribution in [0.3, 0.4) is 0 Å². The number of halogens is 1. The molecule has 6 heteroatoms. The van der Waals surface area contributed by atoms with Gasteiger partial charge in [-0.05, 0) is 24.1 Å². The third-order valence-corrected chi connectivity index (χ3v) is 3.58. The maximum atomic E-state index is 11.2. The van der Waals surface area contributed by atoms with E-state index < -0.39 is 9.05 Å². The van der Waals surface area contributed by atoms with E-state index in [1.165, 1.54) is 12.1 Å². The van der Waals surface area contributed by atoms with E-state index >= 15 is 0 Å². The summed E-state index contributed by atoms with van der Waals surface area (Å²) in [5.74, 6) is 0. The average Bonchev–Trinajstić information content (AvgIpc) is 2.25. The van der Waals surface area contributed by atoms with E-state index in [1.807, 2.05) is 6.07 Å². The summed E-state index contributed by atoms with van der Waals surface area (Å²) in [6, 6.07) is 4.35. The third-order valence-electron chi connectivity index (χ3n) is 2.17. The smallest absolute Gasteiger partial charge is 0.261 e. The molecule has 16 heavy (non-hydrogen) atoms. The fraction of sp³-hybridized carbons (Fsp3) is 0.200. The Hall–Kier alpha value is -1.38. The van der Waals surface area contributed by atoms with Gasteiger partial charge >= 0.3 is 0 Å². The zero-order chi connectivity index (χ0) is 12.3. The minimum Gasteiger partial charge on any atom is -0.298 e. The summed E-state index contributed by atoms with van der Waals surface area (Å²) in [7, 11) is 1.34. The maximum Gasteiger partial charge on any atom is 0.261 e. The van der Waals surface area contributed by atoms with E-state index in [9.17, 15) is 13.2 Å². The highest BCUT2D eigenvalue weighted by Gasteiger charge is 2.19. The molecule has 0 aliphatic carbocycles. The number of hydrogen-bond donors (Lipinski definition) is 0. The SMILES string of the molecule is CCc1c(S(=O)(=O)Cl)ccc(C#N)c1C=O. The number of benzene rings is 1. The summed E-state index contributed by atoms with van der Waals surface area (Å²) in [5, 5.41) is 8.77. The molecule has 0 aliphatic heterocycles. The summed E-state index contributed by atoms with van der Waals surface area (Å²) in [6.45, 7) is 1.69. The molecule has 0 N–H and O–H groups in total. The Morgan fingerprint density at radius 1 is 1.50 bits per heavy atom. The number of hydrogen-bond acceptors (Lipinski definition) is 4. The Morgan fingerprint density at radius 2 is 2.12 bits per heavy atom. The standard InChI is InChI=1S/C10H8ClNO3S/c1-2-8-9(6-13)7(5-12)3-4-10(8)16(11,14)15/h3-4,6H,2H2,1H3. The number of nitrogens with zero attached hydrogens (tertiary/aromatic N) is 1. The molecular formula is C10H8ClNO3S. The van der Waals surface area contributed by atoms with Gasteiger partial charge < -0.3 is 0 Å². The van der Waals surface area contributed by atoms with Crippen molar-refractivity contribution in [2.24, 2.45) is 0 Å². The Labute approximate surface area is 97.9 Å². The van der Waals surface area contributed by atoms with Crippen LogP contribution >= 0.6 is 10.7 Å². The summed E-state index contributed by atoms with van der Waals surface area (Å²) >= 11 is 0. The topological polar surface area (TPSA) is 75.0 Å². The second-order valence-corrected chi connectivity index (χ2v) is 5.56. The van der Waals surface area contributed by atoms with Crippen LogP contribution in [-0.2, 0) is 15.5 Å². The first-order valence-electron chi connectivity index (χ1n) is 4.41. The predicted molar refractivity (Wildman–Crippen MR) is 59.0 cm³/mol. The molecule has 0 heterocycles. The van der Waals surface area contributed by atoms with Gasteiger partial charge in [0.1, 0.15) is 0 Å². The van der Waals surface area contributed by atoms with Crippen LogP contribution in [0.25, 0.3) is 0 Å². The van der Waals surface area contributed by atoms with Crippen LogP contribution in [-0.4, -0.2) is 14.7 Å². The van der Waals surface area contributed by atoms with Crippen molar-refractivity contribution >= 4 is 26.0 Å². The van der Waals surface area contributed by atoms with Gasteiger partial charge in [-0.15, -0.1) is 0 Å². The highest BCUT2D eigenvalue weighted by Crippen LogP contribution is 2.25. The second-order valence-electron chi connectivity index (χ2n) is 3.02. The van der Waals surface area contributed by atoms with Crippen molar-refractivity contribution in [3.05, 3.63) is 28.8 Å². The van der Waals surface area contributed by atoms with E-state index in [4.69, 9.17) is 15.9 Å². The van der Waals surface area contributed by atoms with Gasteiger partial charge in [-0.25, -0.2) is 8.42 Å². The Balaban J connectivity index is 3.71. The van der Waals surface area contributed by atoms with E-state index in [0.29, 0.717) is 12.7 Å². The molecule has 0 spiro atoms. The number of nitriles is 1. The average molecular weight is 258 g/mol. The number of carbonyl (C=O) groups is 1. The number of carbonyl (C=O) groups excluding carboxylic acids is 1. The van der Waals surface area contributed by atoms with Crippen molar-refractivity contribution < 1.29 is 13.2 Å². The van der Waals surface area contributed by atoms with Crippen LogP contribution in [0, 0.1) is 11.3 Å². The Bertz CT molecular complexity index is 572. The van der Waals surface area contributed by atoms with Crippen LogP contribution < -0.4 is 0 Å². The molecule has 1 aromatic rings. The first-order valence-corrected chi connectivity index (χ1v) is 6.72. The van der Waals surface area contributed by atoms with E-state index in [0.717, 1.165) is 0 Å². The molecule has 1 aromatic carbocycles. The molecule has 0 radical (unpaired) electrons. The fourth-order valence-electron chi connectivity index (χ4n) is 1.47. The maximum absolute atomic E-state index is 11.2. The van der Waals surface area contributed by atoms with Crippen LogP contribution in [0.2, 0.25) is 0 Å². The molecule has 0 saturated carbocycles. The van der Waals surface area contributed by atoms with Gasteiger partial charge in [0.25, 0.3) is 9.05 Å². The van der Waals surface area contributed by atoms with E-state index in [-0.39, 0.29) is 21.6 Å². The largest absolute Gasteiger partial charge is 0.298 e. The molecule has 0 aliphatic rings. The highest BCUT2D eigenvalue weighted by atomic mass is 35.7. The van der Waals surface area contributed by atoms with Gasteiger partial charge in [0.2, 0.25) is 0 Å². The molecule has 0 bridgehead atoms. The lowest BCUT2D eigenvalue weighted by Gasteiger charge is -2.08. The quantitative estimate of drug-likeness (QED) is 0.612. The van der Waals surface area contributed by atoms with E-state index in [1.54, 1.807) is 6.92 Å². The van der Waals surface area contributed by atoms with Crippen molar-refractivity contribution in [3.8, 4) is 6.07 Å². The molecule has 0 unspecified atom stereocenters. The predicted octanol–water partition coefficient (Wildman–Crippen LogP) is 1.86. The van der Waals surface area contributed by atoms with Crippen molar-refractivity contribution in [2.75, 3.05) is 0 Å². The Kier molecular flexibility index (Phi) is 3.68. The monoisotopic (exact) mass is 257 g/mol. The van der Waals surface area contributed by atoms with Gasteiger partial charge in [0.15, 0.2) is 6.29 Å². The van der Waals surface area contributed by atoms with Crippen LogP contribution in [0.1, 0.15) is 28.4 Å².